The SMILES string of the molecule is CC1CCCN(Cc2ccc(CNC(=O)c3cnn(-c4ccccc4)c3)cc2)C1. The fraction of sp³-hybridized carbons (Fsp3) is 0.333. The average Bonchev–Trinajstić information content (AvgIpc) is 3.24. The molecule has 150 valence electrons. The van der Waals surface area contributed by atoms with Gasteiger partial charge in [-0.15, -0.1) is 0 Å². The number of carbonyl (C=O) groups excluding carboxylic acids is 1. The molecule has 0 saturated carbocycles. The summed E-state index contributed by atoms with van der Waals surface area (Å²) in [5, 5.41) is 7.27. The number of nitrogens with one attached hydrogen (secondary N) is 1. The van der Waals surface area contributed by atoms with Crippen molar-refractivity contribution in [3.05, 3.63) is 83.7 Å². The van der Waals surface area contributed by atoms with Gasteiger partial charge in [0.15, 0.2) is 0 Å². The van der Waals surface area contributed by atoms with E-state index >= 15 is 0 Å². The van der Waals surface area contributed by atoms with Crippen molar-refractivity contribution in [1.29, 1.82) is 0 Å². The van der Waals surface area contributed by atoms with Gasteiger partial charge in [0.25, 0.3) is 5.91 Å². The Bertz CT molecular complexity index is 933. The van der Waals surface area contributed by atoms with Crippen LogP contribution in [-0.4, -0.2) is 33.7 Å². The number of benzene rings is 2. The zero-order valence-corrected chi connectivity index (χ0v) is 16.9. The summed E-state index contributed by atoms with van der Waals surface area (Å²) >= 11 is 0. The van der Waals surface area contributed by atoms with Crippen molar-refractivity contribution in [3.63, 3.8) is 0 Å². The fourth-order valence-corrected chi connectivity index (χ4v) is 3.90. The Morgan fingerprint density at radius 3 is 2.62 bits per heavy atom. The van der Waals surface area contributed by atoms with Gasteiger partial charge in [0.2, 0.25) is 0 Å². The van der Waals surface area contributed by atoms with E-state index in [1.165, 1.54) is 31.5 Å². The third-order valence-electron chi connectivity index (χ3n) is 5.49. The second-order valence-corrected chi connectivity index (χ2v) is 7.99. The number of nitrogens with zero attached hydrogens (tertiary/aromatic N) is 3. The Morgan fingerprint density at radius 1 is 1.10 bits per heavy atom. The predicted molar refractivity (Wildman–Crippen MR) is 115 cm³/mol. The van der Waals surface area contributed by atoms with Crippen molar-refractivity contribution < 1.29 is 4.79 Å². The van der Waals surface area contributed by atoms with Crippen LogP contribution in [0.4, 0.5) is 0 Å². The Kier molecular flexibility index (Phi) is 6.06. The van der Waals surface area contributed by atoms with Crippen molar-refractivity contribution in [3.8, 4) is 5.69 Å². The highest BCUT2D eigenvalue weighted by molar-refractivity contribution is 5.93. The van der Waals surface area contributed by atoms with Gasteiger partial charge in [-0.1, -0.05) is 49.4 Å². The third-order valence-corrected chi connectivity index (χ3v) is 5.49. The highest BCUT2D eigenvalue weighted by atomic mass is 16.1. The normalized spacial score (nSPS) is 17.2. The Hall–Kier alpha value is -2.92. The van der Waals surface area contributed by atoms with Crippen molar-refractivity contribution in [2.45, 2.75) is 32.9 Å². The molecule has 1 aromatic heterocycles. The lowest BCUT2D eigenvalue weighted by molar-refractivity contribution is 0.0951. The van der Waals surface area contributed by atoms with Gasteiger partial charge in [-0.25, -0.2) is 4.68 Å². The van der Waals surface area contributed by atoms with Gasteiger partial charge in [-0.3, -0.25) is 9.69 Å². The quantitative estimate of drug-likeness (QED) is 0.693. The average molecular weight is 389 g/mol. The van der Waals surface area contributed by atoms with Gasteiger partial charge in [0.05, 0.1) is 17.4 Å². The van der Waals surface area contributed by atoms with Gasteiger partial charge in [0, 0.05) is 25.8 Å². The number of hydrogen-bond donors (Lipinski definition) is 1. The van der Waals surface area contributed by atoms with E-state index in [0.717, 1.165) is 23.7 Å². The van der Waals surface area contributed by atoms with Crippen LogP contribution in [-0.2, 0) is 13.1 Å². The van der Waals surface area contributed by atoms with Crippen LogP contribution < -0.4 is 5.32 Å². The summed E-state index contributed by atoms with van der Waals surface area (Å²) in [5.74, 6) is 0.683. The first-order valence-electron chi connectivity index (χ1n) is 10.4. The minimum absolute atomic E-state index is 0.112. The highest BCUT2D eigenvalue weighted by Gasteiger charge is 2.16. The summed E-state index contributed by atoms with van der Waals surface area (Å²) in [6, 6.07) is 18.3. The van der Waals surface area contributed by atoms with E-state index in [4.69, 9.17) is 0 Å². The molecule has 1 atom stereocenters. The van der Waals surface area contributed by atoms with Crippen molar-refractivity contribution in [1.82, 2.24) is 20.0 Å². The van der Waals surface area contributed by atoms with Crippen LogP contribution in [0, 0.1) is 5.92 Å². The van der Waals surface area contributed by atoms with Crippen molar-refractivity contribution >= 4 is 5.91 Å². The molecule has 0 spiro atoms. The molecule has 1 unspecified atom stereocenters. The van der Waals surface area contributed by atoms with Crippen LogP contribution in [0.3, 0.4) is 0 Å². The number of aromatic nitrogens is 2. The summed E-state index contributed by atoms with van der Waals surface area (Å²) in [4.78, 5) is 15.0. The van der Waals surface area contributed by atoms with E-state index in [-0.39, 0.29) is 5.91 Å². The van der Waals surface area contributed by atoms with E-state index in [1.54, 1.807) is 17.1 Å². The number of para-hydroxylation sites is 1. The molecule has 1 fully saturated rings. The van der Waals surface area contributed by atoms with Gasteiger partial charge >= 0.3 is 0 Å². The molecule has 1 N–H and O–H groups in total. The van der Waals surface area contributed by atoms with Crippen LogP contribution in [0.1, 0.15) is 41.3 Å². The number of likely N-dealkylation sites (tertiary alicyclic amines) is 1. The summed E-state index contributed by atoms with van der Waals surface area (Å²) < 4.78 is 1.71. The molecule has 0 radical (unpaired) electrons. The lowest BCUT2D eigenvalue weighted by Gasteiger charge is -2.30. The topological polar surface area (TPSA) is 50.2 Å². The van der Waals surface area contributed by atoms with E-state index in [1.807, 2.05) is 30.3 Å². The number of amides is 1. The molecule has 1 aliphatic heterocycles. The first-order chi connectivity index (χ1) is 14.2. The van der Waals surface area contributed by atoms with E-state index in [9.17, 15) is 4.79 Å². The van der Waals surface area contributed by atoms with Crippen molar-refractivity contribution in [2.75, 3.05) is 13.1 Å². The van der Waals surface area contributed by atoms with Crippen LogP contribution in [0.25, 0.3) is 5.69 Å². The molecular weight excluding hydrogens is 360 g/mol. The Balaban J connectivity index is 1.30. The Labute approximate surface area is 172 Å². The molecule has 3 aromatic rings. The molecule has 2 aromatic carbocycles. The lowest BCUT2D eigenvalue weighted by atomic mass is 9.99. The molecule has 2 heterocycles. The first kappa shape index (κ1) is 19.4. The molecule has 0 aliphatic carbocycles. The molecule has 0 bridgehead atoms. The lowest BCUT2D eigenvalue weighted by Crippen LogP contribution is -2.33. The molecule has 1 amide bonds. The highest BCUT2D eigenvalue weighted by Crippen LogP contribution is 2.18. The van der Waals surface area contributed by atoms with E-state index in [2.05, 4.69) is 46.5 Å². The zero-order chi connectivity index (χ0) is 20.1. The van der Waals surface area contributed by atoms with Crippen LogP contribution >= 0.6 is 0 Å². The maximum Gasteiger partial charge on any atom is 0.254 e. The number of rotatable bonds is 6. The van der Waals surface area contributed by atoms with E-state index in [0.29, 0.717) is 12.1 Å². The monoisotopic (exact) mass is 388 g/mol. The van der Waals surface area contributed by atoms with Crippen molar-refractivity contribution in [2.24, 2.45) is 5.92 Å². The maximum atomic E-state index is 12.5. The second kappa shape index (κ2) is 9.05. The summed E-state index contributed by atoms with van der Waals surface area (Å²) in [7, 11) is 0. The maximum absolute atomic E-state index is 12.5. The minimum atomic E-state index is -0.112. The van der Waals surface area contributed by atoms with Gasteiger partial charge < -0.3 is 5.32 Å². The predicted octanol–water partition coefficient (Wildman–Crippen LogP) is 4.03. The van der Waals surface area contributed by atoms with E-state index < -0.39 is 0 Å². The first-order valence-corrected chi connectivity index (χ1v) is 10.4. The standard InChI is InChI=1S/C24H28N4O/c1-19-6-5-13-27(16-19)17-21-11-9-20(10-12-21)14-25-24(29)22-15-26-28(18-22)23-7-3-2-4-8-23/h2-4,7-12,15,18-19H,5-6,13-14,16-17H2,1H3,(H,25,29). The smallest absolute Gasteiger partial charge is 0.254 e. The number of piperidine rings is 1. The van der Waals surface area contributed by atoms with Gasteiger partial charge in [-0.2, -0.15) is 5.10 Å². The van der Waals surface area contributed by atoms with Crippen LogP contribution in [0.15, 0.2) is 67.0 Å². The van der Waals surface area contributed by atoms with Crippen LogP contribution in [0.2, 0.25) is 0 Å². The Morgan fingerprint density at radius 2 is 1.86 bits per heavy atom. The second-order valence-electron chi connectivity index (χ2n) is 7.99. The number of hydrogen-bond acceptors (Lipinski definition) is 3. The molecule has 1 saturated heterocycles. The molecule has 1 aliphatic rings. The van der Waals surface area contributed by atoms with Gasteiger partial charge in [-0.05, 0) is 48.6 Å². The molecule has 29 heavy (non-hydrogen) atoms. The molecular formula is C24H28N4O. The van der Waals surface area contributed by atoms with Gasteiger partial charge in [0.1, 0.15) is 0 Å². The minimum Gasteiger partial charge on any atom is -0.348 e. The van der Waals surface area contributed by atoms with Crippen LogP contribution in [0.5, 0.6) is 0 Å². The third kappa shape index (κ3) is 5.12. The molecule has 4 rings (SSSR count). The molecule has 5 nitrogen and oxygen atoms in total. The summed E-state index contributed by atoms with van der Waals surface area (Å²) in [6.45, 7) is 6.24. The molecule has 5 heteroatoms. The summed E-state index contributed by atoms with van der Waals surface area (Å²) in [5.41, 5.74) is 3.93. The fourth-order valence-electron chi connectivity index (χ4n) is 3.90. The zero-order valence-electron chi connectivity index (χ0n) is 16.9. The largest absolute Gasteiger partial charge is 0.348 e. The summed E-state index contributed by atoms with van der Waals surface area (Å²) in [6.07, 6.45) is 6.00. The number of carbonyl (C=O) groups is 1.